The Labute approximate surface area is 130 Å². The predicted molar refractivity (Wildman–Crippen MR) is 86.2 cm³/mol. The minimum Gasteiger partial charge on any atom is -0.476 e. The van der Waals surface area contributed by atoms with E-state index in [1.807, 2.05) is 0 Å². The molecule has 2 rings (SSSR count). The van der Waals surface area contributed by atoms with Gasteiger partial charge in [0.2, 0.25) is 0 Å². The third kappa shape index (κ3) is 3.61. The number of hydrogen-bond donors (Lipinski definition) is 2. The molecule has 0 aliphatic rings. The SMILES string of the molecule is Cc1c(NCc2ccc(C(C)(C)C)cc2)ncnc1C(=O)O. The maximum atomic E-state index is 11.1. The highest BCUT2D eigenvalue weighted by Gasteiger charge is 2.14. The molecule has 0 spiro atoms. The Balaban J connectivity index is 2.11. The summed E-state index contributed by atoms with van der Waals surface area (Å²) in [4.78, 5) is 19.0. The van der Waals surface area contributed by atoms with Gasteiger partial charge in [-0.1, -0.05) is 45.0 Å². The topological polar surface area (TPSA) is 75.1 Å². The second-order valence-corrected chi connectivity index (χ2v) is 6.30. The highest BCUT2D eigenvalue weighted by Crippen LogP contribution is 2.22. The van der Waals surface area contributed by atoms with Gasteiger partial charge in [0, 0.05) is 12.1 Å². The summed E-state index contributed by atoms with van der Waals surface area (Å²) >= 11 is 0. The minimum absolute atomic E-state index is 0.0283. The van der Waals surface area contributed by atoms with Gasteiger partial charge in [-0.2, -0.15) is 0 Å². The molecular formula is C17H21N3O2. The molecule has 116 valence electrons. The lowest BCUT2D eigenvalue weighted by molar-refractivity contribution is 0.0689. The Bertz CT molecular complexity index is 673. The molecular weight excluding hydrogens is 278 g/mol. The third-order valence-corrected chi connectivity index (χ3v) is 3.57. The molecule has 0 saturated carbocycles. The molecule has 0 fully saturated rings. The van der Waals surface area contributed by atoms with E-state index in [2.05, 4.69) is 60.3 Å². The van der Waals surface area contributed by atoms with Crippen molar-refractivity contribution in [1.82, 2.24) is 9.97 Å². The number of carbonyl (C=O) groups is 1. The molecule has 0 atom stereocenters. The van der Waals surface area contributed by atoms with Crippen molar-refractivity contribution in [1.29, 1.82) is 0 Å². The number of anilines is 1. The molecule has 0 saturated heterocycles. The van der Waals surface area contributed by atoms with Crippen LogP contribution in [0.15, 0.2) is 30.6 Å². The van der Waals surface area contributed by atoms with E-state index < -0.39 is 5.97 Å². The molecule has 0 bridgehead atoms. The Morgan fingerprint density at radius 1 is 1.18 bits per heavy atom. The van der Waals surface area contributed by atoms with Crippen LogP contribution < -0.4 is 5.32 Å². The number of carboxylic acid groups (broad SMARTS) is 1. The smallest absolute Gasteiger partial charge is 0.354 e. The lowest BCUT2D eigenvalue weighted by Crippen LogP contribution is -2.12. The van der Waals surface area contributed by atoms with Crippen molar-refractivity contribution in [2.45, 2.75) is 39.7 Å². The zero-order valence-electron chi connectivity index (χ0n) is 13.3. The summed E-state index contributed by atoms with van der Waals surface area (Å²) in [6, 6.07) is 8.38. The van der Waals surface area contributed by atoms with Crippen molar-refractivity contribution in [3.05, 3.63) is 53.0 Å². The second-order valence-electron chi connectivity index (χ2n) is 6.30. The summed E-state index contributed by atoms with van der Waals surface area (Å²) in [5.41, 5.74) is 3.10. The van der Waals surface area contributed by atoms with Crippen LogP contribution in [0.2, 0.25) is 0 Å². The average molecular weight is 299 g/mol. The predicted octanol–water partition coefficient (Wildman–Crippen LogP) is 3.39. The molecule has 2 N–H and O–H groups in total. The van der Waals surface area contributed by atoms with Gasteiger partial charge in [0.15, 0.2) is 5.69 Å². The van der Waals surface area contributed by atoms with Crippen molar-refractivity contribution in [2.75, 3.05) is 5.32 Å². The first-order valence-electron chi connectivity index (χ1n) is 7.17. The normalized spacial score (nSPS) is 11.3. The summed E-state index contributed by atoms with van der Waals surface area (Å²) in [6.45, 7) is 8.82. The lowest BCUT2D eigenvalue weighted by atomic mass is 9.87. The standard InChI is InChI=1S/C17H21N3O2/c1-11-14(16(21)22)19-10-20-15(11)18-9-12-5-7-13(8-6-12)17(2,3)4/h5-8,10H,9H2,1-4H3,(H,21,22)(H,18,19,20). The number of benzene rings is 1. The zero-order valence-corrected chi connectivity index (χ0v) is 13.3. The third-order valence-electron chi connectivity index (χ3n) is 3.57. The number of rotatable bonds is 4. The molecule has 0 aliphatic carbocycles. The maximum absolute atomic E-state index is 11.1. The van der Waals surface area contributed by atoms with Crippen LogP contribution in [0, 0.1) is 6.92 Å². The van der Waals surface area contributed by atoms with E-state index in [-0.39, 0.29) is 11.1 Å². The Hall–Kier alpha value is -2.43. The van der Waals surface area contributed by atoms with E-state index in [1.165, 1.54) is 11.9 Å². The number of nitrogens with one attached hydrogen (secondary N) is 1. The van der Waals surface area contributed by atoms with Crippen LogP contribution in [-0.2, 0) is 12.0 Å². The van der Waals surface area contributed by atoms with Gasteiger partial charge in [-0.05, 0) is 23.5 Å². The van der Waals surface area contributed by atoms with Gasteiger partial charge >= 0.3 is 5.97 Å². The number of aromatic nitrogens is 2. The highest BCUT2D eigenvalue weighted by atomic mass is 16.4. The molecule has 5 nitrogen and oxygen atoms in total. The van der Waals surface area contributed by atoms with Crippen molar-refractivity contribution >= 4 is 11.8 Å². The van der Waals surface area contributed by atoms with Crippen LogP contribution in [0.4, 0.5) is 5.82 Å². The monoisotopic (exact) mass is 299 g/mol. The zero-order chi connectivity index (χ0) is 16.3. The Morgan fingerprint density at radius 2 is 1.82 bits per heavy atom. The number of aromatic carboxylic acids is 1. The van der Waals surface area contributed by atoms with Crippen LogP contribution in [0.1, 0.15) is 48.0 Å². The van der Waals surface area contributed by atoms with Gasteiger partial charge in [-0.3, -0.25) is 0 Å². The Morgan fingerprint density at radius 3 is 2.36 bits per heavy atom. The molecule has 5 heteroatoms. The highest BCUT2D eigenvalue weighted by molar-refractivity contribution is 5.88. The molecule has 1 aromatic heterocycles. The van der Waals surface area contributed by atoms with Crippen molar-refractivity contribution in [2.24, 2.45) is 0 Å². The molecule has 0 amide bonds. The van der Waals surface area contributed by atoms with Crippen LogP contribution in [0.25, 0.3) is 0 Å². The molecule has 1 aromatic carbocycles. The van der Waals surface area contributed by atoms with E-state index in [9.17, 15) is 4.79 Å². The van der Waals surface area contributed by atoms with Gasteiger partial charge in [0.25, 0.3) is 0 Å². The molecule has 0 radical (unpaired) electrons. The fraction of sp³-hybridized carbons (Fsp3) is 0.353. The number of carboxylic acids is 1. The molecule has 22 heavy (non-hydrogen) atoms. The largest absolute Gasteiger partial charge is 0.476 e. The van der Waals surface area contributed by atoms with Gasteiger partial charge < -0.3 is 10.4 Å². The Kier molecular flexibility index (Phi) is 4.45. The molecule has 2 aromatic rings. The summed E-state index contributed by atoms with van der Waals surface area (Å²) < 4.78 is 0. The number of hydrogen-bond acceptors (Lipinski definition) is 4. The lowest BCUT2D eigenvalue weighted by Gasteiger charge is -2.19. The summed E-state index contributed by atoms with van der Waals surface area (Å²) in [6.07, 6.45) is 1.27. The first kappa shape index (κ1) is 15.9. The van der Waals surface area contributed by atoms with Crippen LogP contribution in [0.3, 0.4) is 0 Å². The quantitative estimate of drug-likeness (QED) is 0.905. The van der Waals surface area contributed by atoms with Gasteiger partial charge in [-0.15, -0.1) is 0 Å². The number of nitrogens with zero attached hydrogens (tertiary/aromatic N) is 2. The van der Waals surface area contributed by atoms with E-state index in [0.29, 0.717) is 17.9 Å². The van der Waals surface area contributed by atoms with Crippen molar-refractivity contribution in [3.8, 4) is 0 Å². The molecule has 1 heterocycles. The summed E-state index contributed by atoms with van der Waals surface area (Å²) in [7, 11) is 0. The van der Waals surface area contributed by atoms with E-state index in [1.54, 1.807) is 6.92 Å². The first-order chi connectivity index (χ1) is 10.3. The average Bonchev–Trinajstić information content (AvgIpc) is 2.45. The first-order valence-corrected chi connectivity index (χ1v) is 7.17. The summed E-state index contributed by atoms with van der Waals surface area (Å²) in [5, 5.41) is 12.2. The fourth-order valence-electron chi connectivity index (χ4n) is 2.15. The van der Waals surface area contributed by atoms with Crippen LogP contribution >= 0.6 is 0 Å². The fourth-order valence-corrected chi connectivity index (χ4v) is 2.15. The van der Waals surface area contributed by atoms with E-state index >= 15 is 0 Å². The second kappa shape index (κ2) is 6.13. The van der Waals surface area contributed by atoms with Gasteiger partial charge in [0.05, 0.1) is 0 Å². The van der Waals surface area contributed by atoms with Gasteiger partial charge in [-0.25, -0.2) is 14.8 Å². The maximum Gasteiger partial charge on any atom is 0.354 e. The molecule has 0 unspecified atom stereocenters. The van der Waals surface area contributed by atoms with Crippen molar-refractivity contribution < 1.29 is 9.90 Å². The minimum atomic E-state index is -1.04. The van der Waals surface area contributed by atoms with Gasteiger partial charge in [0.1, 0.15) is 12.1 Å². The van der Waals surface area contributed by atoms with Crippen LogP contribution in [0.5, 0.6) is 0 Å². The van der Waals surface area contributed by atoms with E-state index in [0.717, 1.165) is 5.56 Å². The van der Waals surface area contributed by atoms with E-state index in [4.69, 9.17) is 5.11 Å². The molecule has 0 aliphatic heterocycles. The summed E-state index contributed by atoms with van der Waals surface area (Å²) in [5.74, 6) is -0.496. The van der Waals surface area contributed by atoms with Crippen molar-refractivity contribution in [3.63, 3.8) is 0 Å². The van der Waals surface area contributed by atoms with Crippen LogP contribution in [-0.4, -0.2) is 21.0 Å².